The Kier molecular flexibility index (Phi) is 5.64. The van der Waals surface area contributed by atoms with Gasteiger partial charge in [0.05, 0.1) is 15.8 Å². The van der Waals surface area contributed by atoms with Crippen molar-refractivity contribution in [1.82, 2.24) is 0 Å². The molecule has 0 unspecified atom stereocenters. The Morgan fingerprint density at radius 3 is 2.42 bits per heavy atom. The van der Waals surface area contributed by atoms with Crippen LogP contribution in [0.5, 0.6) is 0 Å². The Bertz CT molecular complexity index is 572. The summed E-state index contributed by atoms with van der Waals surface area (Å²) in [5, 5.41) is 0.777. The van der Waals surface area contributed by atoms with Crippen LogP contribution in [0.3, 0.4) is 0 Å². The molecule has 1 aromatic carbocycles. The average molecular weight is 324 g/mol. The van der Waals surface area contributed by atoms with Gasteiger partial charge in [-0.15, -0.1) is 0 Å². The minimum atomic E-state index is -3.09. The molecule has 0 aliphatic heterocycles. The van der Waals surface area contributed by atoms with Gasteiger partial charge in [0.1, 0.15) is 9.84 Å². The molecule has 0 spiro atoms. The van der Waals surface area contributed by atoms with Crippen LogP contribution in [0.25, 0.3) is 0 Å². The SMILES string of the molecule is CS(=O)(=O)CC[C@H](CC(N)=O)c1ccc(Cl)c(Cl)c1. The van der Waals surface area contributed by atoms with Gasteiger partial charge < -0.3 is 5.73 Å². The van der Waals surface area contributed by atoms with E-state index in [0.717, 1.165) is 11.8 Å². The lowest BCUT2D eigenvalue weighted by molar-refractivity contribution is -0.118. The first-order chi connectivity index (χ1) is 8.69. The highest BCUT2D eigenvalue weighted by atomic mass is 35.5. The Morgan fingerprint density at radius 2 is 1.95 bits per heavy atom. The van der Waals surface area contributed by atoms with E-state index in [1.807, 2.05) is 0 Å². The summed E-state index contributed by atoms with van der Waals surface area (Å²) >= 11 is 11.7. The van der Waals surface area contributed by atoms with Crippen molar-refractivity contribution in [2.45, 2.75) is 18.8 Å². The average Bonchev–Trinajstić information content (AvgIpc) is 2.26. The third-order valence-electron chi connectivity index (χ3n) is 2.70. The third kappa shape index (κ3) is 5.80. The number of sulfone groups is 1. The summed E-state index contributed by atoms with van der Waals surface area (Å²) in [6.45, 7) is 0. The van der Waals surface area contributed by atoms with Gasteiger partial charge in [-0.1, -0.05) is 29.3 Å². The van der Waals surface area contributed by atoms with Crippen molar-refractivity contribution in [2.75, 3.05) is 12.0 Å². The van der Waals surface area contributed by atoms with Gasteiger partial charge in [0.25, 0.3) is 0 Å². The first-order valence-corrected chi connectivity index (χ1v) is 8.41. The molecule has 4 nitrogen and oxygen atoms in total. The van der Waals surface area contributed by atoms with Crippen molar-refractivity contribution in [3.8, 4) is 0 Å². The summed E-state index contributed by atoms with van der Waals surface area (Å²) in [5.41, 5.74) is 5.95. The Hall–Kier alpha value is -0.780. The van der Waals surface area contributed by atoms with Gasteiger partial charge in [-0.2, -0.15) is 0 Å². The lowest BCUT2D eigenvalue weighted by Crippen LogP contribution is -2.17. The van der Waals surface area contributed by atoms with E-state index < -0.39 is 15.7 Å². The molecule has 0 aliphatic rings. The van der Waals surface area contributed by atoms with Crippen LogP contribution in [-0.4, -0.2) is 26.3 Å². The smallest absolute Gasteiger partial charge is 0.218 e. The normalized spacial score (nSPS) is 13.2. The molecule has 0 fully saturated rings. The van der Waals surface area contributed by atoms with Gasteiger partial charge in [0.15, 0.2) is 0 Å². The maximum atomic E-state index is 11.2. The zero-order valence-electron chi connectivity index (χ0n) is 10.4. The molecular formula is C12H15Cl2NO3S. The highest BCUT2D eigenvalue weighted by molar-refractivity contribution is 7.90. The summed E-state index contributed by atoms with van der Waals surface area (Å²) in [5.74, 6) is -0.767. The topological polar surface area (TPSA) is 77.2 Å². The number of carbonyl (C=O) groups excluding carboxylic acids is 1. The zero-order valence-corrected chi connectivity index (χ0v) is 12.7. The van der Waals surface area contributed by atoms with Gasteiger partial charge in [0.2, 0.25) is 5.91 Å². The molecule has 1 atom stereocenters. The molecule has 7 heteroatoms. The molecule has 0 bridgehead atoms. The third-order valence-corrected chi connectivity index (χ3v) is 4.42. The van der Waals surface area contributed by atoms with E-state index in [1.165, 1.54) is 0 Å². The molecule has 1 amide bonds. The molecular weight excluding hydrogens is 309 g/mol. The molecule has 1 rings (SSSR count). The van der Waals surface area contributed by atoms with Gasteiger partial charge in [-0.05, 0) is 30.0 Å². The molecule has 0 aliphatic carbocycles. The molecule has 0 saturated carbocycles. The fourth-order valence-electron chi connectivity index (χ4n) is 1.75. The second-order valence-electron chi connectivity index (χ2n) is 4.46. The number of benzene rings is 1. The van der Waals surface area contributed by atoms with Crippen LogP contribution in [-0.2, 0) is 14.6 Å². The van der Waals surface area contributed by atoms with Crippen molar-refractivity contribution in [1.29, 1.82) is 0 Å². The summed E-state index contributed by atoms with van der Waals surface area (Å²) in [4.78, 5) is 11.1. The number of amides is 1. The first kappa shape index (κ1) is 16.3. The Balaban J connectivity index is 2.95. The van der Waals surface area contributed by atoms with Crippen LogP contribution >= 0.6 is 23.2 Å². The number of halogens is 2. The quantitative estimate of drug-likeness (QED) is 0.873. The van der Waals surface area contributed by atoms with E-state index in [2.05, 4.69) is 0 Å². The largest absolute Gasteiger partial charge is 0.370 e. The molecule has 0 heterocycles. The maximum absolute atomic E-state index is 11.2. The molecule has 0 saturated heterocycles. The Labute approximate surface area is 122 Å². The lowest BCUT2D eigenvalue weighted by atomic mass is 9.93. The minimum Gasteiger partial charge on any atom is -0.370 e. The van der Waals surface area contributed by atoms with E-state index >= 15 is 0 Å². The van der Waals surface area contributed by atoms with E-state index in [-0.39, 0.29) is 18.1 Å². The molecule has 0 aromatic heterocycles. The first-order valence-electron chi connectivity index (χ1n) is 5.60. The fraction of sp³-hybridized carbons (Fsp3) is 0.417. The van der Waals surface area contributed by atoms with E-state index in [4.69, 9.17) is 28.9 Å². The summed E-state index contributed by atoms with van der Waals surface area (Å²) in [6, 6.07) is 4.98. The van der Waals surface area contributed by atoms with Crippen molar-refractivity contribution in [2.24, 2.45) is 5.73 Å². The maximum Gasteiger partial charge on any atom is 0.218 e. The lowest BCUT2D eigenvalue weighted by Gasteiger charge is -2.16. The van der Waals surface area contributed by atoms with E-state index in [1.54, 1.807) is 18.2 Å². The highest BCUT2D eigenvalue weighted by Crippen LogP contribution is 2.30. The van der Waals surface area contributed by atoms with Crippen LogP contribution in [0.2, 0.25) is 10.0 Å². The van der Waals surface area contributed by atoms with Crippen LogP contribution in [0, 0.1) is 0 Å². The van der Waals surface area contributed by atoms with Crippen molar-refractivity contribution < 1.29 is 13.2 Å². The monoisotopic (exact) mass is 323 g/mol. The molecule has 1 aromatic rings. The van der Waals surface area contributed by atoms with E-state index in [9.17, 15) is 13.2 Å². The van der Waals surface area contributed by atoms with E-state index in [0.29, 0.717) is 16.5 Å². The van der Waals surface area contributed by atoms with Crippen molar-refractivity contribution >= 4 is 38.9 Å². The Morgan fingerprint density at radius 1 is 1.32 bits per heavy atom. The number of carbonyl (C=O) groups is 1. The van der Waals surface area contributed by atoms with Crippen LogP contribution in [0.4, 0.5) is 0 Å². The van der Waals surface area contributed by atoms with Gasteiger partial charge in [0, 0.05) is 12.7 Å². The standard InChI is InChI=1S/C12H15Cl2NO3S/c1-19(17,18)5-4-9(7-12(15)16)8-2-3-10(13)11(14)6-8/h2-3,6,9H,4-5,7H2,1H3,(H2,15,16)/t9-/m1/s1. The van der Waals surface area contributed by atoms with Crippen molar-refractivity contribution in [3.05, 3.63) is 33.8 Å². The van der Waals surface area contributed by atoms with Crippen molar-refractivity contribution in [3.63, 3.8) is 0 Å². The summed E-state index contributed by atoms with van der Waals surface area (Å²) in [6.07, 6.45) is 1.55. The number of rotatable bonds is 6. The number of primary amides is 1. The fourth-order valence-corrected chi connectivity index (χ4v) is 2.77. The number of hydrogen-bond acceptors (Lipinski definition) is 3. The van der Waals surface area contributed by atoms with Gasteiger partial charge >= 0.3 is 0 Å². The molecule has 106 valence electrons. The van der Waals surface area contributed by atoms with Gasteiger partial charge in [-0.3, -0.25) is 4.79 Å². The summed E-state index contributed by atoms with van der Waals surface area (Å²) < 4.78 is 22.4. The van der Waals surface area contributed by atoms with Crippen LogP contribution in [0.15, 0.2) is 18.2 Å². The molecule has 2 N–H and O–H groups in total. The van der Waals surface area contributed by atoms with Crippen LogP contribution in [0.1, 0.15) is 24.3 Å². The van der Waals surface area contributed by atoms with Crippen LogP contribution < -0.4 is 5.73 Å². The molecule has 19 heavy (non-hydrogen) atoms. The number of hydrogen-bond donors (Lipinski definition) is 1. The zero-order chi connectivity index (χ0) is 14.6. The predicted molar refractivity (Wildman–Crippen MR) is 77.3 cm³/mol. The second kappa shape index (κ2) is 6.59. The predicted octanol–water partition coefficient (Wildman–Crippen LogP) is 2.39. The summed E-state index contributed by atoms with van der Waals surface area (Å²) in [7, 11) is -3.09. The van der Waals surface area contributed by atoms with Gasteiger partial charge in [-0.25, -0.2) is 8.42 Å². The highest BCUT2D eigenvalue weighted by Gasteiger charge is 2.18. The molecule has 0 radical (unpaired) electrons. The second-order valence-corrected chi connectivity index (χ2v) is 7.53. The minimum absolute atomic E-state index is 0.00874. The number of nitrogens with two attached hydrogens (primary N) is 1.